The summed E-state index contributed by atoms with van der Waals surface area (Å²) in [5.41, 5.74) is 11.3. The molecule has 0 fully saturated rings. The Bertz CT molecular complexity index is 2040. The quantitative estimate of drug-likeness (QED) is 0.202. The number of rotatable bonds is 5. The van der Waals surface area contributed by atoms with Crippen LogP contribution in [0.5, 0.6) is 0 Å². The maximum absolute atomic E-state index is 5.08. The van der Waals surface area contributed by atoms with E-state index in [1.165, 1.54) is 38.5 Å². The molecule has 0 unspecified atom stereocenters. The first-order valence-electron chi connectivity index (χ1n) is 15.8. The second-order valence-corrected chi connectivity index (χ2v) is 11.0. The second-order valence-electron chi connectivity index (χ2n) is 11.0. The van der Waals surface area contributed by atoms with Crippen LogP contribution in [0.3, 0.4) is 0 Å². The van der Waals surface area contributed by atoms with Crippen LogP contribution in [0.15, 0.2) is 152 Å². The summed E-state index contributed by atoms with van der Waals surface area (Å²) in [6.45, 7) is 4.00. The zero-order valence-electron chi connectivity index (χ0n) is 25.7. The third-order valence-electron chi connectivity index (χ3n) is 8.30. The summed E-state index contributed by atoms with van der Waals surface area (Å²) in [5.74, 6) is 0.754. The predicted molar refractivity (Wildman–Crippen MR) is 190 cm³/mol. The molecule has 5 aromatic carbocycles. The average molecular weight is 582 g/mol. The van der Waals surface area contributed by atoms with Gasteiger partial charge in [-0.3, -0.25) is 0 Å². The van der Waals surface area contributed by atoms with Gasteiger partial charge in [-0.25, -0.2) is 9.97 Å². The van der Waals surface area contributed by atoms with Gasteiger partial charge in [0.2, 0.25) is 0 Å². The first-order chi connectivity index (χ1) is 22.3. The lowest BCUT2D eigenvalue weighted by Crippen LogP contribution is -2.01. The van der Waals surface area contributed by atoms with Gasteiger partial charge >= 0.3 is 0 Å². The summed E-state index contributed by atoms with van der Waals surface area (Å²) in [7, 11) is 0. The summed E-state index contributed by atoms with van der Waals surface area (Å²) in [5, 5.41) is 2.55. The van der Waals surface area contributed by atoms with Crippen molar-refractivity contribution < 1.29 is 0 Å². The van der Waals surface area contributed by atoms with Gasteiger partial charge in [0.15, 0.2) is 5.82 Å². The van der Waals surface area contributed by atoms with E-state index >= 15 is 0 Å². The maximum atomic E-state index is 5.08. The Morgan fingerprint density at radius 1 is 0.533 bits per heavy atom. The zero-order chi connectivity index (χ0) is 30.6. The van der Waals surface area contributed by atoms with Gasteiger partial charge in [-0.05, 0) is 66.0 Å². The SMILES string of the molecule is C1=C(c2ccc(-n3c4ccccc4c4ccccc43)cc2)C=C(c2cc(-c3ccccc3)nc(-c3ccccc3)n2)CC1.CC. The fourth-order valence-corrected chi connectivity index (χ4v) is 6.19. The molecule has 218 valence electrons. The molecule has 2 aromatic heterocycles. The Morgan fingerprint density at radius 2 is 1.09 bits per heavy atom. The number of hydrogen-bond acceptors (Lipinski definition) is 2. The van der Waals surface area contributed by atoms with E-state index in [2.05, 4.69) is 132 Å². The van der Waals surface area contributed by atoms with Crippen LogP contribution in [0, 0.1) is 0 Å². The van der Waals surface area contributed by atoms with Gasteiger partial charge in [-0.1, -0.05) is 129 Å². The van der Waals surface area contributed by atoms with E-state index in [4.69, 9.17) is 9.97 Å². The first-order valence-corrected chi connectivity index (χ1v) is 15.8. The van der Waals surface area contributed by atoms with Crippen molar-refractivity contribution >= 4 is 33.0 Å². The maximum Gasteiger partial charge on any atom is 0.160 e. The van der Waals surface area contributed by atoms with Crippen LogP contribution in [0.25, 0.3) is 61.3 Å². The highest BCUT2D eigenvalue weighted by atomic mass is 15.0. The third kappa shape index (κ3) is 5.49. The minimum atomic E-state index is 0.754. The Morgan fingerprint density at radius 3 is 1.73 bits per heavy atom. The summed E-state index contributed by atoms with van der Waals surface area (Å²) in [6, 6.07) is 49.0. The van der Waals surface area contributed by atoms with Gasteiger partial charge in [0.05, 0.1) is 22.4 Å². The molecule has 3 nitrogen and oxygen atoms in total. The molecule has 2 heterocycles. The molecule has 0 aliphatic heterocycles. The molecule has 0 saturated heterocycles. The van der Waals surface area contributed by atoms with Crippen molar-refractivity contribution in [3.63, 3.8) is 0 Å². The van der Waals surface area contributed by atoms with Crippen molar-refractivity contribution in [1.82, 2.24) is 14.5 Å². The predicted octanol–water partition coefficient (Wildman–Crippen LogP) is 11.2. The van der Waals surface area contributed by atoms with Gasteiger partial charge in [0.25, 0.3) is 0 Å². The molecule has 0 amide bonds. The number of nitrogens with zero attached hydrogens (tertiary/aromatic N) is 3. The standard InChI is InChI=1S/C40H29N3.C2H6/c1-3-12-29(13-4-1)36-27-37(42-40(41-36)30-14-5-2-6-15-30)32-17-11-16-31(26-32)28-22-24-33(25-23-28)43-38-20-9-7-18-34(38)35-19-8-10-21-39(35)43;1-2/h1-10,12-16,18-27H,11,17H2;1-2H3. The molecular weight excluding hydrogens is 546 g/mol. The van der Waals surface area contributed by atoms with Gasteiger partial charge in [-0.2, -0.15) is 0 Å². The minimum absolute atomic E-state index is 0.754. The molecule has 7 aromatic rings. The molecule has 1 aliphatic carbocycles. The van der Waals surface area contributed by atoms with Crippen LogP contribution >= 0.6 is 0 Å². The van der Waals surface area contributed by atoms with Crippen LogP contribution in [0.4, 0.5) is 0 Å². The van der Waals surface area contributed by atoms with Gasteiger partial charge in [0, 0.05) is 27.6 Å². The fraction of sp³-hybridized carbons (Fsp3) is 0.0952. The fourth-order valence-electron chi connectivity index (χ4n) is 6.19. The topological polar surface area (TPSA) is 30.7 Å². The van der Waals surface area contributed by atoms with E-state index in [-0.39, 0.29) is 0 Å². The molecule has 45 heavy (non-hydrogen) atoms. The van der Waals surface area contributed by atoms with Crippen molar-refractivity contribution in [1.29, 1.82) is 0 Å². The Hall–Kier alpha value is -5.54. The van der Waals surface area contributed by atoms with Crippen LogP contribution in [0.1, 0.15) is 37.9 Å². The molecule has 0 saturated carbocycles. The molecule has 3 heteroatoms. The molecule has 0 atom stereocenters. The van der Waals surface area contributed by atoms with Crippen LogP contribution in [0.2, 0.25) is 0 Å². The summed E-state index contributed by atoms with van der Waals surface area (Å²) in [4.78, 5) is 10.0. The monoisotopic (exact) mass is 581 g/mol. The average Bonchev–Trinajstić information content (AvgIpc) is 3.47. The van der Waals surface area contributed by atoms with E-state index in [0.29, 0.717) is 0 Å². The molecule has 0 bridgehead atoms. The highest BCUT2D eigenvalue weighted by Crippen LogP contribution is 2.35. The normalized spacial score (nSPS) is 12.8. The Kier molecular flexibility index (Phi) is 7.90. The van der Waals surface area contributed by atoms with Gasteiger partial charge < -0.3 is 4.57 Å². The van der Waals surface area contributed by atoms with E-state index in [1.54, 1.807) is 0 Å². The van der Waals surface area contributed by atoms with E-state index in [0.717, 1.165) is 46.9 Å². The Balaban J connectivity index is 0.00000160. The number of para-hydroxylation sites is 2. The van der Waals surface area contributed by atoms with E-state index in [9.17, 15) is 0 Å². The first kappa shape index (κ1) is 28.2. The van der Waals surface area contributed by atoms with Gasteiger partial charge in [-0.15, -0.1) is 0 Å². The summed E-state index contributed by atoms with van der Waals surface area (Å²) >= 11 is 0. The molecule has 0 spiro atoms. The van der Waals surface area contributed by atoms with Crippen LogP contribution in [-0.4, -0.2) is 14.5 Å². The smallest absolute Gasteiger partial charge is 0.160 e. The molecule has 8 rings (SSSR count). The second kappa shape index (κ2) is 12.6. The van der Waals surface area contributed by atoms with Crippen molar-refractivity contribution in [3.8, 4) is 28.3 Å². The largest absolute Gasteiger partial charge is 0.309 e. The number of hydrogen-bond donors (Lipinski definition) is 0. The highest BCUT2D eigenvalue weighted by molar-refractivity contribution is 6.09. The molecule has 0 radical (unpaired) electrons. The van der Waals surface area contributed by atoms with Crippen molar-refractivity contribution in [3.05, 3.63) is 163 Å². The lowest BCUT2D eigenvalue weighted by Gasteiger charge is -2.16. The van der Waals surface area contributed by atoms with Crippen LogP contribution < -0.4 is 0 Å². The summed E-state index contributed by atoms with van der Waals surface area (Å²) < 4.78 is 2.36. The molecule has 1 aliphatic rings. The lowest BCUT2D eigenvalue weighted by atomic mass is 9.92. The third-order valence-corrected chi connectivity index (χ3v) is 8.30. The molecule has 0 N–H and O–H groups in total. The van der Waals surface area contributed by atoms with Crippen molar-refractivity contribution in [2.75, 3.05) is 0 Å². The lowest BCUT2D eigenvalue weighted by molar-refractivity contribution is 1.03. The number of allylic oxidation sites excluding steroid dienone is 4. The van der Waals surface area contributed by atoms with E-state index < -0.39 is 0 Å². The zero-order valence-corrected chi connectivity index (χ0v) is 25.7. The van der Waals surface area contributed by atoms with Gasteiger partial charge in [0.1, 0.15) is 0 Å². The minimum Gasteiger partial charge on any atom is -0.309 e. The number of fused-ring (bicyclic) bond motifs is 3. The van der Waals surface area contributed by atoms with Crippen molar-refractivity contribution in [2.24, 2.45) is 0 Å². The van der Waals surface area contributed by atoms with Crippen molar-refractivity contribution in [2.45, 2.75) is 26.7 Å². The highest BCUT2D eigenvalue weighted by Gasteiger charge is 2.16. The number of benzene rings is 5. The Labute approximate surface area is 264 Å². The molecular formula is C42H35N3. The number of aromatic nitrogens is 3. The van der Waals surface area contributed by atoms with E-state index in [1.807, 2.05) is 38.1 Å². The summed E-state index contributed by atoms with van der Waals surface area (Å²) in [6.07, 6.45) is 6.57. The van der Waals surface area contributed by atoms with Crippen LogP contribution in [-0.2, 0) is 0 Å².